The van der Waals surface area contributed by atoms with Crippen molar-refractivity contribution >= 4 is 30.2 Å². The van der Waals surface area contributed by atoms with Crippen molar-refractivity contribution < 1.29 is 18.7 Å². The second-order valence-corrected chi connectivity index (χ2v) is 11.6. The van der Waals surface area contributed by atoms with Gasteiger partial charge in [-0.15, -0.1) is 0 Å². The molecule has 1 aliphatic carbocycles. The van der Waals surface area contributed by atoms with Crippen LogP contribution in [-0.4, -0.2) is 67.6 Å². The van der Waals surface area contributed by atoms with Crippen LogP contribution in [0, 0.1) is 24.6 Å². The predicted octanol–water partition coefficient (Wildman–Crippen LogP) is 3.25. The van der Waals surface area contributed by atoms with Gasteiger partial charge in [-0.05, 0) is 85.2 Å². The third kappa shape index (κ3) is 5.85. The van der Waals surface area contributed by atoms with Crippen molar-refractivity contribution in [2.75, 3.05) is 39.9 Å². The molecule has 2 heterocycles. The van der Waals surface area contributed by atoms with Crippen molar-refractivity contribution in [1.29, 1.82) is 0 Å². The van der Waals surface area contributed by atoms with Crippen LogP contribution in [0.1, 0.15) is 53.7 Å². The van der Waals surface area contributed by atoms with Crippen molar-refractivity contribution in [2.45, 2.75) is 46.1 Å². The molecule has 212 valence electrons. The first kappa shape index (κ1) is 28.1. The fourth-order valence-corrected chi connectivity index (χ4v) is 6.03. The van der Waals surface area contributed by atoms with E-state index in [2.05, 4.69) is 36.3 Å². The molecule has 6 nitrogen and oxygen atoms in total. The van der Waals surface area contributed by atoms with Crippen molar-refractivity contribution in [1.82, 2.24) is 15.1 Å². The number of hydrogen-bond donors (Lipinski definition) is 1. The smallest absolute Gasteiger partial charge is 0.251 e. The van der Waals surface area contributed by atoms with Gasteiger partial charge in [0.25, 0.3) is 5.91 Å². The van der Waals surface area contributed by atoms with E-state index in [1.54, 1.807) is 13.2 Å². The highest BCUT2D eigenvalue weighted by atomic mass is 19.1. The summed E-state index contributed by atoms with van der Waals surface area (Å²) in [4.78, 5) is 30.6. The molecule has 2 amide bonds. The number of aryl methyl sites for hydroxylation is 1. The summed E-state index contributed by atoms with van der Waals surface area (Å²) in [7, 11) is 1.62. The third-order valence-electron chi connectivity index (χ3n) is 8.68. The minimum atomic E-state index is -0.268. The van der Waals surface area contributed by atoms with Crippen molar-refractivity contribution in [3.05, 3.63) is 74.4 Å². The van der Waals surface area contributed by atoms with Crippen LogP contribution in [0.15, 0.2) is 35.9 Å². The van der Waals surface area contributed by atoms with Crippen molar-refractivity contribution in [3.63, 3.8) is 0 Å². The zero-order chi connectivity index (χ0) is 28.4. The minimum absolute atomic E-state index is 0.0763. The van der Waals surface area contributed by atoms with Gasteiger partial charge < -0.3 is 19.9 Å². The predicted molar refractivity (Wildman–Crippen MR) is 156 cm³/mol. The Morgan fingerprint density at radius 3 is 2.73 bits per heavy atom. The van der Waals surface area contributed by atoms with Crippen LogP contribution in [0.4, 0.5) is 4.39 Å². The Labute approximate surface area is 236 Å². The van der Waals surface area contributed by atoms with Crippen LogP contribution < -0.4 is 15.8 Å². The van der Waals surface area contributed by atoms with E-state index in [-0.39, 0.29) is 23.5 Å². The lowest BCUT2D eigenvalue weighted by molar-refractivity contribution is -0.134. The quantitative estimate of drug-likeness (QED) is 0.543. The standard InChI is InChI=1S/C33H40FN3O3/c1-21-5-7-25-9-11-28(34)15-27(25)16-30(21)33(39)37-18-24(19-37)17-36-20-31-23(3)29(32(38)35-13-14-40-4)12-10-26(31)8-6-22(36)2/h8-12,15-16,20-22,24H,5-7,13-14,17-19H2,1-4H3,(H,35,38). The summed E-state index contributed by atoms with van der Waals surface area (Å²) in [6.45, 7) is 9.57. The molecule has 0 aromatic heterocycles. The van der Waals surface area contributed by atoms with Gasteiger partial charge in [0.15, 0.2) is 0 Å². The highest BCUT2D eigenvalue weighted by Crippen LogP contribution is 2.31. The molecule has 1 N–H and O–H groups in total. The molecule has 1 saturated heterocycles. The number of amides is 2. The molecule has 2 unspecified atom stereocenters. The molecule has 5 rings (SSSR count). The largest absolute Gasteiger partial charge is 0.383 e. The number of likely N-dealkylation sites (tertiary alicyclic amines) is 1. The molecule has 2 aromatic carbocycles. The maximum atomic E-state index is 13.9. The molecule has 2 atom stereocenters. The monoisotopic (exact) mass is 545 g/mol. The number of carbonyl (C=O) groups is 2. The number of ether oxygens (including phenoxy) is 1. The number of nitrogens with one attached hydrogen (secondary N) is 1. The molecule has 1 fully saturated rings. The van der Waals surface area contributed by atoms with Crippen molar-refractivity contribution in [2.24, 2.45) is 11.8 Å². The Hall–Kier alpha value is -3.45. The number of fused-ring (bicyclic) bond motifs is 2. The SMILES string of the molecule is COCCNC(=O)c1ccc2c(c1C)=CN(CC1CN(C(=O)C3=Cc4cc(F)ccc4CCC3C)C1)C(C)CC=2. The highest BCUT2D eigenvalue weighted by molar-refractivity contribution is 5.99. The zero-order valence-electron chi connectivity index (χ0n) is 24.0. The summed E-state index contributed by atoms with van der Waals surface area (Å²) in [6, 6.07) is 9.14. The van der Waals surface area contributed by atoms with Crippen LogP contribution in [0.2, 0.25) is 0 Å². The average molecular weight is 546 g/mol. The molecule has 3 aliphatic rings. The van der Waals surface area contributed by atoms with Crippen molar-refractivity contribution in [3.8, 4) is 0 Å². The molecule has 0 bridgehead atoms. The van der Waals surface area contributed by atoms with Gasteiger partial charge in [0, 0.05) is 67.8 Å². The normalized spacial score (nSPS) is 20.6. The minimum Gasteiger partial charge on any atom is -0.383 e. The maximum absolute atomic E-state index is 13.9. The average Bonchev–Trinajstić information content (AvgIpc) is 3.17. The van der Waals surface area contributed by atoms with Gasteiger partial charge >= 0.3 is 0 Å². The van der Waals surface area contributed by atoms with Crippen LogP contribution in [0.5, 0.6) is 0 Å². The number of nitrogens with zero attached hydrogens (tertiary/aromatic N) is 2. The number of halogens is 1. The van der Waals surface area contributed by atoms with Gasteiger partial charge in [0.2, 0.25) is 5.91 Å². The van der Waals surface area contributed by atoms with E-state index in [9.17, 15) is 14.0 Å². The van der Waals surface area contributed by atoms with E-state index in [4.69, 9.17) is 4.74 Å². The molecule has 0 spiro atoms. The van der Waals surface area contributed by atoms with Gasteiger partial charge in [0.1, 0.15) is 5.82 Å². The Morgan fingerprint density at radius 1 is 1.15 bits per heavy atom. The van der Waals surface area contributed by atoms with E-state index < -0.39 is 0 Å². The number of carbonyl (C=O) groups excluding carboxylic acids is 2. The lowest BCUT2D eigenvalue weighted by Gasteiger charge is -2.43. The molecular weight excluding hydrogens is 505 g/mol. The number of rotatable bonds is 7. The fraction of sp³-hybridized carbons (Fsp3) is 0.455. The van der Waals surface area contributed by atoms with Crippen LogP contribution >= 0.6 is 0 Å². The first-order valence-electron chi connectivity index (χ1n) is 14.4. The Morgan fingerprint density at radius 2 is 1.95 bits per heavy atom. The number of benzene rings is 2. The molecule has 40 heavy (non-hydrogen) atoms. The molecule has 2 aliphatic heterocycles. The van der Waals surface area contributed by atoms with E-state index in [0.717, 1.165) is 58.5 Å². The van der Waals surface area contributed by atoms with Gasteiger partial charge in [-0.1, -0.05) is 25.1 Å². The van der Waals surface area contributed by atoms with Gasteiger partial charge in [-0.25, -0.2) is 4.39 Å². The first-order valence-corrected chi connectivity index (χ1v) is 14.4. The summed E-state index contributed by atoms with van der Waals surface area (Å²) in [5.41, 5.74) is 4.37. The lowest BCUT2D eigenvalue weighted by atomic mass is 9.92. The summed E-state index contributed by atoms with van der Waals surface area (Å²) in [6.07, 6.45) is 9.02. The van der Waals surface area contributed by atoms with E-state index in [1.165, 1.54) is 6.07 Å². The van der Waals surface area contributed by atoms with Gasteiger partial charge in [-0.2, -0.15) is 0 Å². The molecule has 7 heteroatoms. The summed E-state index contributed by atoms with van der Waals surface area (Å²) >= 11 is 0. The highest BCUT2D eigenvalue weighted by Gasteiger charge is 2.35. The molecule has 2 aromatic rings. The van der Waals surface area contributed by atoms with E-state index in [0.29, 0.717) is 43.8 Å². The summed E-state index contributed by atoms with van der Waals surface area (Å²) in [5, 5.41) is 5.16. The summed E-state index contributed by atoms with van der Waals surface area (Å²) < 4.78 is 19.0. The number of methoxy groups -OCH3 is 1. The third-order valence-corrected chi connectivity index (χ3v) is 8.68. The van der Waals surface area contributed by atoms with Crippen LogP contribution in [0.3, 0.4) is 0 Å². The molecule has 0 saturated carbocycles. The van der Waals surface area contributed by atoms with Crippen LogP contribution in [0.25, 0.3) is 18.4 Å². The topological polar surface area (TPSA) is 61.9 Å². The number of hydrogen-bond acceptors (Lipinski definition) is 4. The van der Waals surface area contributed by atoms with Crippen LogP contribution in [-0.2, 0) is 16.0 Å². The molecular formula is C33H40FN3O3. The lowest BCUT2D eigenvalue weighted by Crippen LogP contribution is -2.54. The summed E-state index contributed by atoms with van der Waals surface area (Å²) in [5.74, 6) is 0.229. The Kier molecular flexibility index (Phi) is 8.40. The Bertz CT molecular complexity index is 1440. The maximum Gasteiger partial charge on any atom is 0.251 e. The first-order chi connectivity index (χ1) is 19.2. The second-order valence-electron chi connectivity index (χ2n) is 11.6. The van der Waals surface area contributed by atoms with Gasteiger partial charge in [0.05, 0.1) is 6.61 Å². The van der Waals surface area contributed by atoms with E-state index in [1.807, 2.05) is 36.1 Å². The fourth-order valence-electron chi connectivity index (χ4n) is 6.03. The zero-order valence-corrected chi connectivity index (χ0v) is 24.0. The van der Waals surface area contributed by atoms with E-state index >= 15 is 0 Å². The Balaban J connectivity index is 1.29. The van der Waals surface area contributed by atoms with Gasteiger partial charge in [-0.3, -0.25) is 9.59 Å². The molecule has 0 radical (unpaired) electrons. The second kappa shape index (κ2) is 12.0.